The van der Waals surface area contributed by atoms with Gasteiger partial charge in [-0.3, -0.25) is 0 Å². The Labute approximate surface area is 128 Å². The van der Waals surface area contributed by atoms with Crippen molar-refractivity contribution in [3.05, 3.63) is 42.0 Å². The van der Waals surface area contributed by atoms with E-state index >= 15 is 0 Å². The average Bonchev–Trinajstić information content (AvgIpc) is 2.68. The third kappa shape index (κ3) is 3.37. The van der Waals surface area contributed by atoms with Crippen molar-refractivity contribution in [3.8, 4) is 0 Å². The summed E-state index contributed by atoms with van der Waals surface area (Å²) in [5.41, 5.74) is 1.29. The summed E-state index contributed by atoms with van der Waals surface area (Å²) in [7, 11) is 0. The molecule has 0 aromatic heterocycles. The van der Waals surface area contributed by atoms with Gasteiger partial charge in [0, 0.05) is 11.5 Å². The fraction of sp³-hybridized carbons (Fsp3) is 0.526. The molecule has 21 heavy (non-hydrogen) atoms. The molecule has 0 heterocycles. The van der Waals surface area contributed by atoms with Crippen LogP contribution in [0.3, 0.4) is 0 Å². The first kappa shape index (κ1) is 15.8. The molecule has 0 N–H and O–H groups in total. The summed E-state index contributed by atoms with van der Waals surface area (Å²) < 4.78 is 5.51. The van der Waals surface area contributed by atoms with Gasteiger partial charge in [-0.1, -0.05) is 58.0 Å². The van der Waals surface area contributed by atoms with Crippen molar-refractivity contribution in [1.29, 1.82) is 0 Å². The van der Waals surface area contributed by atoms with Crippen LogP contribution in [0.4, 0.5) is 0 Å². The molecule has 1 aliphatic rings. The molecule has 1 aromatic carbocycles. The minimum absolute atomic E-state index is 0.0721. The van der Waals surface area contributed by atoms with Crippen LogP contribution in [-0.2, 0) is 9.53 Å². The van der Waals surface area contributed by atoms with Gasteiger partial charge in [-0.25, -0.2) is 4.79 Å². The van der Waals surface area contributed by atoms with Gasteiger partial charge in [0.25, 0.3) is 0 Å². The Balaban J connectivity index is 1.91. The second-order valence-corrected chi connectivity index (χ2v) is 7.07. The van der Waals surface area contributed by atoms with E-state index in [1.807, 2.05) is 30.3 Å². The number of esters is 1. The van der Waals surface area contributed by atoms with Crippen LogP contribution in [0.2, 0.25) is 0 Å². The molecule has 1 aromatic rings. The molecule has 0 amide bonds. The van der Waals surface area contributed by atoms with Crippen molar-refractivity contribution >= 4 is 12.0 Å². The molecule has 0 radical (unpaired) electrons. The Morgan fingerprint density at radius 3 is 2.52 bits per heavy atom. The lowest BCUT2D eigenvalue weighted by Crippen LogP contribution is -2.37. The molecule has 2 atom stereocenters. The summed E-state index contributed by atoms with van der Waals surface area (Å²) in [6.07, 6.45) is 5.65. The molecule has 2 nitrogen and oxygen atoms in total. The molecule has 2 heteroatoms. The van der Waals surface area contributed by atoms with Gasteiger partial charge in [0.1, 0.15) is 0 Å². The van der Waals surface area contributed by atoms with Gasteiger partial charge in [-0.15, -0.1) is 0 Å². The molecule has 2 unspecified atom stereocenters. The summed E-state index contributed by atoms with van der Waals surface area (Å²) in [5.74, 6) is 0.413. The molecular weight excluding hydrogens is 260 g/mol. The van der Waals surface area contributed by atoms with Crippen LogP contribution in [0.15, 0.2) is 36.4 Å². The molecule has 114 valence electrons. The molecular formula is C19H26O2. The minimum Gasteiger partial charge on any atom is -0.462 e. The van der Waals surface area contributed by atoms with Gasteiger partial charge in [0.2, 0.25) is 0 Å². The smallest absolute Gasteiger partial charge is 0.330 e. The van der Waals surface area contributed by atoms with E-state index in [2.05, 4.69) is 27.7 Å². The summed E-state index contributed by atoms with van der Waals surface area (Å²) in [4.78, 5) is 11.9. The summed E-state index contributed by atoms with van der Waals surface area (Å²) in [5, 5.41) is 0. The second-order valence-electron chi connectivity index (χ2n) is 7.07. The predicted octanol–water partition coefficient (Wildman–Crippen LogP) is 4.71. The van der Waals surface area contributed by atoms with Crippen molar-refractivity contribution in [2.45, 2.75) is 40.5 Å². The molecule has 1 saturated carbocycles. The Kier molecular flexibility index (Phi) is 4.55. The van der Waals surface area contributed by atoms with Gasteiger partial charge >= 0.3 is 5.97 Å². The van der Waals surface area contributed by atoms with Gasteiger partial charge < -0.3 is 4.74 Å². The average molecular weight is 286 g/mol. The normalized spacial score (nSPS) is 27.9. The van der Waals surface area contributed by atoms with E-state index in [9.17, 15) is 4.79 Å². The molecule has 0 bridgehead atoms. The number of benzene rings is 1. The molecule has 0 saturated heterocycles. The largest absolute Gasteiger partial charge is 0.462 e. The number of ether oxygens (including phenoxy) is 1. The maximum atomic E-state index is 11.9. The molecule has 2 rings (SSSR count). The van der Waals surface area contributed by atoms with E-state index in [1.54, 1.807) is 6.08 Å². The summed E-state index contributed by atoms with van der Waals surface area (Å²) >= 11 is 0. The van der Waals surface area contributed by atoms with Crippen LogP contribution >= 0.6 is 0 Å². The second kappa shape index (κ2) is 6.05. The highest BCUT2D eigenvalue weighted by Gasteiger charge is 2.50. The van der Waals surface area contributed by atoms with Gasteiger partial charge in [0.15, 0.2) is 0 Å². The topological polar surface area (TPSA) is 26.3 Å². The van der Waals surface area contributed by atoms with Crippen molar-refractivity contribution in [2.24, 2.45) is 16.7 Å². The molecule has 0 spiro atoms. The number of hydrogen-bond donors (Lipinski definition) is 0. The Morgan fingerprint density at radius 2 is 1.95 bits per heavy atom. The fourth-order valence-corrected chi connectivity index (χ4v) is 3.08. The lowest BCUT2D eigenvalue weighted by atomic mass is 9.66. The van der Waals surface area contributed by atoms with E-state index < -0.39 is 0 Å². The third-order valence-electron chi connectivity index (χ3n) is 5.66. The van der Waals surface area contributed by atoms with Crippen molar-refractivity contribution in [2.75, 3.05) is 6.61 Å². The van der Waals surface area contributed by atoms with E-state index in [1.165, 1.54) is 12.5 Å². The number of carbonyl (C=O) groups excluding carboxylic acids is 1. The Hall–Kier alpha value is -1.57. The first-order valence-electron chi connectivity index (χ1n) is 7.75. The minimum atomic E-state index is -0.254. The summed E-state index contributed by atoms with van der Waals surface area (Å²) in [6, 6.07) is 9.79. The van der Waals surface area contributed by atoms with Crippen LogP contribution in [0, 0.1) is 16.7 Å². The lowest BCUT2D eigenvalue weighted by molar-refractivity contribution is -0.143. The van der Waals surface area contributed by atoms with E-state index in [0.717, 1.165) is 12.0 Å². The highest BCUT2D eigenvalue weighted by Crippen LogP contribution is 2.55. The van der Waals surface area contributed by atoms with Crippen LogP contribution in [0.25, 0.3) is 6.08 Å². The zero-order valence-corrected chi connectivity index (χ0v) is 13.6. The molecule has 0 aliphatic heterocycles. The van der Waals surface area contributed by atoms with Gasteiger partial charge in [0.05, 0.1) is 6.61 Å². The monoisotopic (exact) mass is 286 g/mol. The number of rotatable bonds is 4. The molecule has 1 fully saturated rings. The van der Waals surface area contributed by atoms with Crippen molar-refractivity contribution in [3.63, 3.8) is 0 Å². The number of carbonyl (C=O) groups is 1. The first-order valence-corrected chi connectivity index (χ1v) is 7.75. The Bertz CT molecular complexity index is 516. The van der Waals surface area contributed by atoms with E-state index in [-0.39, 0.29) is 16.8 Å². The molecule has 1 aliphatic carbocycles. The van der Waals surface area contributed by atoms with Crippen molar-refractivity contribution in [1.82, 2.24) is 0 Å². The van der Waals surface area contributed by atoms with Crippen LogP contribution in [0.1, 0.15) is 46.1 Å². The standard InChI is InChI=1S/C19H26O2/c1-15-12-13-19(4,18(15,2)3)14-21-17(20)11-10-16-8-6-5-7-9-16/h5-11,15H,12-14H2,1-4H3/b11-10+. The van der Waals surface area contributed by atoms with Crippen LogP contribution < -0.4 is 0 Å². The highest BCUT2D eigenvalue weighted by molar-refractivity contribution is 5.87. The predicted molar refractivity (Wildman–Crippen MR) is 86.7 cm³/mol. The zero-order valence-electron chi connectivity index (χ0n) is 13.6. The maximum absolute atomic E-state index is 11.9. The van der Waals surface area contributed by atoms with Crippen molar-refractivity contribution < 1.29 is 9.53 Å². The first-order chi connectivity index (χ1) is 9.85. The highest BCUT2D eigenvalue weighted by atomic mass is 16.5. The quantitative estimate of drug-likeness (QED) is 0.592. The fourth-order valence-electron chi connectivity index (χ4n) is 3.08. The van der Waals surface area contributed by atoms with Crippen LogP contribution in [0.5, 0.6) is 0 Å². The lowest BCUT2D eigenvalue weighted by Gasteiger charge is -2.40. The number of hydrogen-bond acceptors (Lipinski definition) is 2. The van der Waals surface area contributed by atoms with E-state index in [4.69, 9.17) is 4.74 Å². The Morgan fingerprint density at radius 1 is 1.29 bits per heavy atom. The van der Waals surface area contributed by atoms with Crippen LogP contribution in [-0.4, -0.2) is 12.6 Å². The van der Waals surface area contributed by atoms with E-state index in [0.29, 0.717) is 12.5 Å². The van der Waals surface area contributed by atoms with Gasteiger partial charge in [-0.2, -0.15) is 0 Å². The summed E-state index contributed by atoms with van der Waals surface area (Å²) in [6.45, 7) is 9.62. The van der Waals surface area contributed by atoms with Gasteiger partial charge in [-0.05, 0) is 35.8 Å². The maximum Gasteiger partial charge on any atom is 0.330 e. The third-order valence-corrected chi connectivity index (χ3v) is 5.66. The zero-order chi connectivity index (χ0) is 15.5. The SMILES string of the molecule is CC1CCC(C)(COC(=O)/C=C/c2ccccc2)C1(C)C.